The summed E-state index contributed by atoms with van der Waals surface area (Å²) in [6, 6.07) is 10.6. The Morgan fingerprint density at radius 2 is 1.72 bits per heavy atom. The quantitative estimate of drug-likeness (QED) is 0.462. The summed E-state index contributed by atoms with van der Waals surface area (Å²) in [4.78, 5) is 25.2. The number of nitrogens with one attached hydrogen (secondary N) is 1. The van der Waals surface area contributed by atoms with Gasteiger partial charge in [-0.05, 0) is 24.6 Å². The fourth-order valence-electron chi connectivity index (χ4n) is 3.43. The molecule has 2 unspecified atom stereocenters. The lowest BCUT2D eigenvalue weighted by molar-refractivity contribution is -0.187. The third-order valence-electron chi connectivity index (χ3n) is 5.19. The third kappa shape index (κ3) is 5.40. The molecule has 1 fully saturated rings. The summed E-state index contributed by atoms with van der Waals surface area (Å²) in [5.41, 5.74) is 0.756. The molecule has 3 rings (SSSR count). The van der Waals surface area contributed by atoms with Crippen LogP contribution in [0.5, 0.6) is 0 Å². The fraction of sp³-hybridized carbons (Fsp3) is 0.364. The van der Waals surface area contributed by atoms with Crippen LogP contribution in [0.25, 0.3) is 0 Å². The number of amides is 1. The predicted molar refractivity (Wildman–Crippen MR) is 117 cm³/mol. The van der Waals surface area contributed by atoms with E-state index in [4.69, 9.17) is 32.7 Å². The van der Waals surface area contributed by atoms with Crippen LogP contribution in [0.3, 0.4) is 0 Å². The summed E-state index contributed by atoms with van der Waals surface area (Å²) in [7, 11) is 0. The molecule has 0 radical (unpaired) electrons. The average Bonchev–Trinajstić information content (AvgIpc) is 2.77. The zero-order valence-electron chi connectivity index (χ0n) is 17.1. The van der Waals surface area contributed by atoms with Crippen LogP contribution in [0.15, 0.2) is 42.5 Å². The summed E-state index contributed by atoms with van der Waals surface area (Å²) >= 11 is 12.4. The summed E-state index contributed by atoms with van der Waals surface area (Å²) in [5.74, 6) is -1.38. The number of rotatable bonds is 6. The second-order valence-corrected chi connectivity index (χ2v) is 8.23. The molecule has 0 aromatic heterocycles. The van der Waals surface area contributed by atoms with Crippen molar-refractivity contribution in [1.82, 2.24) is 5.32 Å². The van der Waals surface area contributed by atoms with Crippen molar-refractivity contribution in [3.05, 3.63) is 69.2 Å². The van der Waals surface area contributed by atoms with E-state index in [2.05, 4.69) is 5.32 Å². The van der Waals surface area contributed by atoms with Crippen LogP contribution in [0, 0.1) is 0 Å². The smallest absolute Gasteiger partial charge is 0.341 e. The number of ether oxygens (including phenoxy) is 2. The number of aliphatic hydroxyl groups is 3. The van der Waals surface area contributed by atoms with Gasteiger partial charge in [-0.1, -0.05) is 53.5 Å². The molecule has 10 heteroatoms. The van der Waals surface area contributed by atoms with Crippen molar-refractivity contribution in [2.45, 2.75) is 44.0 Å². The van der Waals surface area contributed by atoms with Crippen LogP contribution in [0.4, 0.5) is 0 Å². The molecule has 32 heavy (non-hydrogen) atoms. The van der Waals surface area contributed by atoms with Gasteiger partial charge < -0.3 is 30.1 Å². The maximum atomic E-state index is 12.7. The second-order valence-electron chi connectivity index (χ2n) is 7.42. The molecule has 2 aromatic carbocycles. The lowest BCUT2D eigenvalue weighted by Gasteiger charge is -2.41. The van der Waals surface area contributed by atoms with Crippen LogP contribution in [0.1, 0.15) is 33.2 Å². The van der Waals surface area contributed by atoms with Gasteiger partial charge in [0, 0.05) is 5.56 Å². The van der Waals surface area contributed by atoms with E-state index in [9.17, 15) is 24.9 Å². The van der Waals surface area contributed by atoms with Crippen molar-refractivity contribution in [3.8, 4) is 0 Å². The zero-order chi connectivity index (χ0) is 23.4. The van der Waals surface area contributed by atoms with E-state index in [1.165, 1.54) is 12.1 Å². The highest BCUT2D eigenvalue weighted by molar-refractivity contribution is 6.39. The Morgan fingerprint density at radius 3 is 2.31 bits per heavy atom. The van der Waals surface area contributed by atoms with Crippen LogP contribution in [0.2, 0.25) is 10.0 Å². The van der Waals surface area contributed by atoms with Crippen LogP contribution in [-0.4, -0.2) is 64.3 Å². The van der Waals surface area contributed by atoms with Crippen LogP contribution < -0.4 is 5.32 Å². The Kier molecular flexibility index (Phi) is 8.10. The summed E-state index contributed by atoms with van der Waals surface area (Å²) in [6.07, 6.45) is -4.39. The summed E-state index contributed by atoms with van der Waals surface area (Å²) < 4.78 is 10.7. The Morgan fingerprint density at radius 1 is 1.09 bits per heavy atom. The molecule has 0 bridgehead atoms. The van der Waals surface area contributed by atoms with Gasteiger partial charge in [-0.25, -0.2) is 4.79 Å². The van der Waals surface area contributed by atoms with Crippen molar-refractivity contribution in [2.75, 3.05) is 6.61 Å². The predicted octanol–water partition coefficient (Wildman–Crippen LogP) is 1.95. The number of hydrogen-bond donors (Lipinski definition) is 4. The molecule has 0 spiro atoms. The van der Waals surface area contributed by atoms with Gasteiger partial charge in [0.05, 0.1) is 34.4 Å². The fourth-order valence-corrected chi connectivity index (χ4v) is 4.08. The lowest BCUT2D eigenvalue weighted by Crippen LogP contribution is -2.63. The van der Waals surface area contributed by atoms with Crippen LogP contribution >= 0.6 is 23.2 Å². The van der Waals surface area contributed by atoms with Crippen molar-refractivity contribution in [2.24, 2.45) is 0 Å². The highest BCUT2D eigenvalue weighted by Gasteiger charge is 2.43. The third-order valence-corrected chi connectivity index (χ3v) is 5.79. The molecule has 0 saturated carbocycles. The number of benzene rings is 2. The molecule has 1 aliphatic heterocycles. The maximum absolute atomic E-state index is 12.7. The Balaban J connectivity index is 1.71. The topological polar surface area (TPSA) is 125 Å². The summed E-state index contributed by atoms with van der Waals surface area (Å²) in [5, 5.41) is 32.0. The van der Waals surface area contributed by atoms with Gasteiger partial charge in [0.1, 0.15) is 24.9 Å². The van der Waals surface area contributed by atoms with Crippen LogP contribution in [-0.2, 0) is 16.1 Å². The first-order chi connectivity index (χ1) is 15.2. The molecule has 1 saturated heterocycles. The number of aliphatic hydroxyl groups excluding tert-OH is 3. The van der Waals surface area contributed by atoms with E-state index in [0.717, 1.165) is 5.56 Å². The van der Waals surface area contributed by atoms with E-state index in [1.807, 2.05) is 18.2 Å². The largest absolute Gasteiger partial charge is 0.457 e. The molecule has 2 aromatic rings. The second kappa shape index (κ2) is 10.6. The molecule has 5 atom stereocenters. The molecule has 1 heterocycles. The minimum Gasteiger partial charge on any atom is -0.457 e. The van der Waals surface area contributed by atoms with Gasteiger partial charge in [0.2, 0.25) is 0 Å². The number of carbonyl (C=O) groups excluding carboxylic acids is 2. The van der Waals surface area contributed by atoms with Crippen molar-refractivity contribution < 1.29 is 34.4 Å². The molecule has 172 valence electrons. The van der Waals surface area contributed by atoms with E-state index in [1.54, 1.807) is 19.1 Å². The van der Waals surface area contributed by atoms with E-state index in [0.29, 0.717) is 0 Å². The van der Waals surface area contributed by atoms with Gasteiger partial charge in [0.15, 0.2) is 0 Å². The normalized spacial score (nSPS) is 25.2. The number of esters is 1. The number of hydrogen-bond acceptors (Lipinski definition) is 7. The average molecular weight is 484 g/mol. The van der Waals surface area contributed by atoms with Crippen molar-refractivity contribution >= 4 is 35.1 Å². The SMILES string of the molecule is C[C@H]1OC(CO)[C@H](O)C(O)[C@H]1NC(=O)c1cc(Cl)c(C(=O)OCc2ccccc2)c(Cl)c1. The number of carbonyl (C=O) groups is 2. The Labute approximate surface area is 194 Å². The first-order valence-electron chi connectivity index (χ1n) is 9.86. The minimum absolute atomic E-state index is 0.0309. The monoisotopic (exact) mass is 483 g/mol. The van der Waals surface area contributed by atoms with Crippen molar-refractivity contribution in [3.63, 3.8) is 0 Å². The molecule has 8 nitrogen and oxygen atoms in total. The first kappa shape index (κ1) is 24.4. The molecule has 0 aliphatic carbocycles. The standard InChI is InChI=1S/C22H23Cl2NO7/c1-11-18(20(28)19(27)16(9-26)32-11)25-21(29)13-7-14(23)17(15(24)8-13)22(30)31-10-12-5-3-2-4-6-12/h2-8,11,16,18-20,26-28H,9-10H2,1H3,(H,25,29)/t11-,16?,18+,19+,20?/m1/s1. The highest BCUT2D eigenvalue weighted by atomic mass is 35.5. The Hall–Kier alpha value is -2.20. The Bertz CT molecular complexity index is 949. The van der Waals surface area contributed by atoms with Gasteiger partial charge >= 0.3 is 5.97 Å². The van der Waals surface area contributed by atoms with Gasteiger partial charge in [-0.2, -0.15) is 0 Å². The highest BCUT2D eigenvalue weighted by Crippen LogP contribution is 2.28. The maximum Gasteiger partial charge on any atom is 0.341 e. The molecule has 4 N–H and O–H groups in total. The molecular weight excluding hydrogens is 461 g/mol. The number of halogens is 2. The molecular formula is C22H23Cl2NO7. The molecule has 1 aliphatic rings. The zero-order valence-corrected chi connectivity index (χ0v) is 18.6. The van der Waals surface area contributed by atoms with E-state index >= 15 is 0 Å². The van der Waals surface area contributed by atoms with Crippen molar-refractivity contribution in [1.29, 1.82) is 0 Å². The van der Waals surface area contributed by atoms with Gasteiger partial charge in [0.25, 0.3) is 5.91 Å². The lowest BCUT2D eigenvalue weighted by atomic mass is 9.93. The van der Waals surface area contributed by atoms with E-state index < -0.39 is 48.9 Å². The first-order valence-corrected chi connectivity index (χ1v) is 10.6. The van der Waals surface area contributed by atoms with Gasteiger partial charge in [-0.3, -0.25) is 4.79 Å². The minimum atomic E-state index is -1.38. The van der Waals surface area contributed by atoms with Gasteiger partial charge in [-0.15, -0.1) is 0 Å². The summed E-state index contributed by atoms with van der Waals surface area (Å²) in [6.45, 7) is 1.15. The molecule has 1 amide bonds. The van der Waals surface area contributed by atoms with E-state index in [-0.39, 0.29) is 27.8 Å².